The zero-order valence-corrected chi connectivity index (χ0v) is 20.8. The number of methoxy groups -OCH3 is 1. The Morgan fingerprint density at radius 3 is 2.36 bits per heavy atom. The first-order chi connectivity index (χ1) is 13.2. The van der Waals surface area contributed by atoms with Crippen molar-refractivity contribution in [3.05, 3.63) is 0 Å². The summed E-state index contributed by atoms with van der Waals surface area (Å²) in [5.41, 5.74) is 0.395. The molecule has 2 rings (SSSR count). The minimum atomic E-state index is 0. The van der Waals surface area contributed by atoms with Gasteiger partial charge in [0.05, 0.1) is 13.2 Å². The first-order valence-electron chi connectivity index (χ1n) is 10.9. The van der Waals surface area contributed by atoms with Crippen LogP contribution in [0.5, 0.6) is 0 Å². The van der Waals surface area contributed by atoms with Crippen LogP contribution in [0.3, 0.4) is 0 Å². The molecule has 1 saturated heterocycles. The summed E-state index contributed by atoms with van der Waals surface area (Å²) < 4.78 is 10.9. The SMILES string of the molecule is CCC(CC)C(CNC(=NC)NCC1(CCOC)CCC1)N1CCOCC1.I. The number of ether oxygens (including phenoxy) is 2. The largest absolute Gasteiger partial charge is 0.385 e. The van der Waals surface area contributed by atoms with Crippen molar-refractivity contribution in [1.29, 1.82) is 0 Å². The summed E-state index contributed by atoms with van der Waals surface area (Å²) in [7, 11) is 3.67. The molecule has 1 aliphatic carbocycles. The Morgan fingerprint density at radius 1 is 1.18 bits per heavy atom. The Labute approximate surface area is 189 Å². The fraction of sp³-hybridized carbons (Fsp3) is 0.952. The first kappa shape index (κ1) is 25.9. The molecule has 7 heteroatoms. The molecule has 6 nitrogen and oxygen atoms in total. The third-order valence-corrected chi connectivity index (χ3v) is 6.69. The topological polar surface area (TPSA) is 58.1 Å². The molecule has 1 atom stereocenters. The van der Waals surface area contributed by atoms with E-state index >= 15 is 0 Å². The van der Waals surface area contributed by atoms with Gasteiger partial charge in [0.15, 0.2) is 5.96 Å². The number of halogens is 1. The maximum atomic E-state index is 5.56. The van der Waals surface area contributed by atoms with E-state index in [9.17, 15) is 0 Å². The van der Waals surface area contributed by atoms with Crippen LogP contribution in [-0.4, -0.2) is 77.1 Å². The molecule has 0 radical (unpaired) electrons. The average molecular weight is 511 g/mol. The summed E-state index contributed by atoms with van der Waals surface area (Å²) in [4.78, 5) is 7.08. The summed E-state index contributed by atoms with van der Waals surface area (Å²) in [6.45, 7) is 11.2. The van der Waals surface area contributed by atoms with Crippen molar-refractivity contribution in [2.45, 2.75) is 58.4 Å². The van der Waals surface area contributed by atoms with Crippen molar-refractivity contribution in [2.24, 2.45) is 16.3 Å². The van der Waals surface area contributed by atoms with E-state index in [-0.39, 0.29) is 24.0 Å². The molecule has 0 spiro atoms. The van der Waals surface area contributed by atoms with Crippen molar-refractivity contribution in [3.63, 3.8) is 0 Å². The molecule has 1 heterocycles. The second kappa shape index (κ2) is 14.0. The lowest BCUT2D eigenvalue weighted by Crippen LogP contribution is -2.54. The van der Waals surface area contributed by atoms with Crippen LogP contribution in [0.4, 0.5) is 0 Å². The van der Waals surface area contributed by atoms with Crippen LogP contribution in [0.1, 0.15) is 52.4 Å². The zero-order valence-electron chi connectivity index (χ0n) is 18.5. The summed E-state index contributed by atoms with van der Waals surface area (Å²) in [5.74, 6) is 1.64. The van der Waals surface area contributed by atoms with Crippen LogP contribution in [0, 0.1) is 11.3 Å². The molecular formula is C21H43IN4O2. The Hall–Kier alpha value is -0.120. The summed E-state index contributed by atoms with van der Waals surface area (Å²) in [6.07, 6.45) is 7.50. The molecular weight excluding hydrogens is 467 g/mol. The molecule has 1 saturated carbocycles. The lowest BCUT2D eigenvalue weighted by molar-refractivity contribution is 0.00268. The smallest absolute Gasteiger partial charge is 0.191 e. The number of rotatable bonds is 11. The second-order valence-electron chi connectivity index (χ2n) is 8.20. The Bertz CT molecular complexity index is 436. The van der Waals surface area contributed by atoms with Crippen molar-refractivity contribution < 1.29 is 9.47 Å². The van der Waals surface area contributed by atoms with Crippen LogP contribution in [0.2, 0.25) is 0 Å². The number of nitrogens with one attached hydrogen (secondary N) is 2. The van der Waals surface area contributed by atoms with Gasteiger partial charge < -0.3 is 20.1 Å². The number of hydrogen-bond acceptors (Lipinski definition) is 4. The lowest BCUT2D eigenvalue weighted by atomic mass is 9.67. The highest BCUT2D eigenvalue weighted by molar-refractivity contribution is 14.0. The van der Waals surface area contributed by atoms with Gasteiger partial charge in [0.1, 0.15) is 0 Å². The minimum absolute atomic E-state index is 0. The van der Waals surface area contributed by atoms with Crippen molar-refractivity contribution in [2.75, 3.05) is 60.2 Å². The van der Waals surface area contributed by atoms with Crippen molar-refractivity contribution in [1.82, 2.24) is 15.5 Å². The predicted molar refractivity (Wildman–Crippen MR) is 128 cm³/mol. The van der Waals surface area contributed by atoms with E-state index in [0.29, 0.717) is 17.4 Å². The van der Waals surface area contributed by atoms with Gasteiger partial charge in [-0.05, 0) is 30.6 Å². The Morgan fingerprint density at radius 2 is 1.86 bits per heavy atom. The molecule has 1 aliphatic heterocycles. The van der Waals surface area contributed by atoms with Crippen LogP contribution < -0.4 is 10.6 Å². The van der Waals surface area contributed by atoms with Gasteiger partial charge >= 0.3 is 0 Å². The van der Waals surface area contributed by atoms with Gasteiger partial charge in [-0.1, -0.05) is 33.1 Å². The van der Waals surface area contributed by atoms with Crippen LogP contribution in [0.25, 0.3) is 0 Å². The number of hydrogen-bond donors (Lipinski definition) is 2. The lowest BCUT2D eigenvalue weighted by Gasteiger charge is -2.42. The molecule has 2 aliphatic rings. The Kier molecular flexibility index (Phi) is 12.9. The quantitative estimate of drug-likeness (QED) is 0.254. The van der Waals surface area contributed by atoms with E-state index in [4.69, 9.17) is 9.47 Å². The molecule has 28 heavy (non-hydrogen) atoms. The van der Waals surface area contributed by atoms with Gasteiger partial charge in [-0.15, -0.1) is 24.0 Å². The second-order valence-corrected chi connectivity index (χ2v) is 8.20. The highest BCUT2D eigenvalue weighted by atomic mass is 127. The normalized spacial score (nSPS) is 21.0. The molecule has 0 aromatic heterocycles. The van der Waals surface area contributed by atoms with Gasteiger partial charge in [0.25, 0.3) is 0 Å². The molecule has 0 bridgehead atoms. The number of morpholine rings is 1. The molecule has 1 unspecified atom stereocenters. The van der Waals surface area contributed by atoms with Gasteiger partial charge in [-0.25, -0.2) is 0 Å². The van der Waals surface area contributed by atoms with E-state index in [2.05, 4.69) is 34.4 Å². The monoisotopic (exact) mass is 510 g/mol. The summed E-state index contributed by atoms with van der Waals surface area (Å²) >= 11 is 0. The third kappa shape index (κ3) is 7.61. The maximum Gasteiger partial charge on any atom is 0.191 e. The van der Waals surface area contributed by atoms with Crippen molar-refractivity contribution in [3.8, 4) is 0 Å². The number of nitrogens with zero attached hydrogens (tertiary/aromatic N) is 2. The highest BCUT2D eigenvalue weighted by Gasteiger charge is 2.36. The van der Waals surface area contributed by atoms with Gasteiger partial charge in [0, 0.05) is 53.0 Å². The van der Waals surface area contributed by atoms with E-state index < -0.39 is 0 Å². The fourth-order valence-electron chi connectivity index (χ4n) is 4.54. The average Bonchev–Trinajstić information content (AvgIpc) is 2.68. The van der Waals surface area contributed by atoms with Crippen LogP contribution >= 0.6 is 24.0 Å². The predicted octanol–water partition coefficient (Wildman–Crippen LogP) is 3.11. The third-order valence-electron chi connectivity index (χ3n) is 6.69. The van der Waals surface area contributed by atoms with Gasteiger partial charge in [0.2, 0.25) is 0 Å². The maximum absolute atomic E-state index is 5.56. The first-order valence-corrected chi connectivity index (χ1v) is 10.9. The highest BCUT2D eigenvalue weighted by Crippen LogP contribution is 2.43. The molecule has 166 valence electrons. The minimum Gasteiger partial charge on any atom is -0.385 e. The molecule has 2 N–H and O–H groups in total. The van der Waals surface area contributed by atoms with Crippen LogP contribution in [-0.2, 0) is 9.47 Å². The molecule has 0 amide bonds. The van der Waals surface area contributed by atoms with E-state index in [0.717, 1.165) is 58.4 Å². The zero-order chi connectivity index (χ0) is 19.5. The van der Waals surface area contributed by atoms with E-state index in [1.165, 1.54) is 32.1 Å². The number of aliphatic imine (C=N–C) groups is 1. The summed E-state index contributed by atoms with van der Waals surface area (Å²) in [6, 6.07) is 0.536. The number of guanidine groups is 1. The van der Waals surface area contributed by atoms with Gasteiger partial charge in [-0.3, -0.25) is 9.89 Å². The van der Waals surface area contributed by atoms with E-state index in [1.54, 1.807) is 7.11 Å². The fourth-order valence-corrected chi connectivity index (χ4v) is 4.54. The van der Waals surface area contributed by atoms with Gasteiger partial charge in [-0.2, -0.15) is 0 Å². The van der Waals surface area contributed by atoms with Crippen molar-refractivity contribution >= 4 is 29.9 Å². The Balaban J connectivity index is 0.00000392. The van der Waals surface area contributed by atoms with Crippen LogP contribution in [0.15, 0.2) is 4.99 Å². The van der Waals surface area contributed by atoms with E-state index in [1.807, 2.05) is 7.05 Å². The standard InChI is InChI=1S/C21H42N4O2.HI/c1-5-18(6-2)19(25-11-14-27-15-12-25)16-23-20(22-3)24-17-21(8-7-9-21)10-13-26-4;/h18-19H,5-17H2,1-4H3,(H2,22,23,24);1H. The summed E-state index contributed by atoms with van der Waals surface area (Å²) in [5, 5.41) is 7.21. The molecule has 0 aromatic carbocycles. The molecule has 2 fully saturated rings. The molecule has 0 aromatic rings.